The first-order chi connectivity index (χ1) is 14.5. The van der Waals surface area contributed by atoms with Crippen molar-refractivity contribution < 1.29 is 9.53 Å². The van der Waals surface area contributed by atoms with Crippen LogP contribution in [-0.4, -0.2) is 37.6 Å². The number of aromatic nitrogens is 5. The van der Waals surface area contributed by atoms with Gasteiger partial charge in [0.1, 0.15) is 11.6 Å². The standard InChI is InChI=1S/C21H22N6O2S/c1-5-26-12(3)15(10-22-26)14-9-18(28)24-20-19(14)11(2)25-27(20)21-23-16-7-6-13(29-4)8-17(16)30-21/h6-8,10,14H,5,9H2,1-4H3,(H,24,28)/t14-/m0/s1. The zero-order valence-electron chi connectivity index (χ0n) is 17.3. The highest BCUT2D eigenvalue weighted by atomic mass is 32.1. The number of aryl methyl sites for hydroxylation is 2. The summed E-state index contributed by atoms with van der Waals surface area (Å²) in [6, 6.07) is 5.78. The van der Waals surface area contributed by atoms with E-state index in [0.717, 1.165) is 45.0 Å². The molecule has 0 aliphatic carbocycles. The Morgan fingerprint density at radius 3 is 2.90 bits per heavy atom. The minimum Gasteiger partial charge on any atom is -0.497 e. The Kier molecular flexibility index (Phi) is 4.35. The summed E-state index contributed by atoms with van der Waals surface area (Å²) < 4.78 is 10.0. The molecule has 8 nitrogen and oxygen atoms in total. The van der Waals surface area contributed by atoms with Crippen molar-refractivity contribution in [1.29, 1.82) is 0 Å². The summed E-state index contributed by atoms with van der Waals surface area (Å²) in [5.41, 5.74) is 4.95. The van der Waals surface area contributed by atoms with Gasteiger partial charge in [0.15, 0.2) is 0 Å². The summed E-state index contributed by atoms with van der Waals surface area (Å²) in [6.45, 7) is 6.90. The molecule has 0 fully saturated rings. The van der Waals surface area contributed by atoms with Crippen LogP contribution >= 0.6 is 11.3 Å². The lowest BCUT2D eigenvalue weighted by Gasteiger charge is -2.23. The van der Waals surface area contributed by atoms with Crippen LogP contribution in [0.15, 0.2) is 24.4 Å². The Balaban J connectivity index is 1.65. The number of nitrogens with zero attached hydrogens (tertiary/aromatic N) is 5. The fourth-order valence-electron chi connectivity index (χ4n) is 4.18. The number of amides is 1. The van der Waals surface area contributed by atoms with E-state index in [4.69, 9.17) is 14.8 Å². The van der Waals surface area contributed by atoms with Gasteiger partial charge in [0.05, 0.1) is 29.2 Å². The Morgan fingerprint density at radius 2 is 2.17 bits per heavy atom. The lowest BCUT2D eigenvalue weighted by Crippen LogP contribution is -2.25. The molecule has 0 saturated carbocycles. The Hall–Kier alpha value is -3.20. The monoisotopic (exact) mass is 422 g/mol. The molecule has 5 rings (SSSR count). The van der Waals surface area contributed by atoms with E-state index in [9.17, 15) is 4.79 Å². The molecule has 0 saturated heterocycles. The summed E-state index contributed by atoms with van der Waals surface area (Å²) in [5, 5.41) is 13.0. The zero-order chi connectivity index (χ0) is 21.0. The van der Waals surface area contributed by atoms with Crippen LogP contribution in [0.1, 0.15) is 41.8 Å². The van der Waals surface area contributed by atoms with Gasteiger partial charge in [-0.25, -0.2) is 4.98 Å². The lowest BCUT2D eigenvalue weighted by molar-refractivity contribution is -0.116. The van der Waals surface area contributed by atoms with E-state index < -0.39 is 0 Å². The molecular weight excluding hydrogens is 400 g/mol. The second-order valence-electron chi connectivity index (χ2n) is 7.40. The molecule has 1 N–H and O–H groups in total. The van der Waals surface area contributed by atoms with E-state index in [-0.39, 0.29) is 11.8 Å². The molecule has 0 unspecified atom stereocenters. The number of fused-ring (bicyclic) bond motifs is 2. The summed E-state index contributed by atoms with van der Waals surface area (Å²) in [5.74, 6) is 1.38. The van der Waals surface area contributed by atoms with Gasteiger partial charge in [0.2, 0.25) is 11.0 Å². The summed E-state index contributed by atoms with van der Waals surface area (Å²) in [7, 11) is 1.65. The molecule has 4 aromatic rings. The van der Waals surface area contributed by atoms with Crippen LogP contribution in [0.4, 0.5) is 5.82 Å². The van der Waals surface area contributed by atoms with Crippen LogP contribution in [0.2, 0.25) is 0 Å². The van der Waals surface area contributed by atoms with Crippen LogP contribution in [0, 0.1) is 13.8 Å². The van der Waals surface area contributed by atoms with E-state index in [1.165, 1.54) is 11.3 Å². The van der Waals surface area contributed by atoms with Crippen LogP contribution in [0.25, 0.3) is 15.3 Å². The minimum atomic E-state index is -0.0720. The van der Waals surface area contributed by atoms with Crippen LogP contribution < -0.4 is 10.1 Å². The molecule has 1 aromatic carbocycles. The summed E-state index contributed by atoms with van der Waals surface area (Å²) in [4.78, 5) is 17.4. The van der Waals surface area contributed by atoms with Gasteiger partial charge >= 0.3 is 0 Å². The van der Waals surface area contributed by atoms with Gasteiger partial charge in [-0.1, -0.05) is 11.3 Å². The van der Waals surface area contributed by atoms with Crippen molar-refractivity contribution in [3.8, 4) is 10.9 Å². The second kappa shape index (κ2) is 6.94. The number of nitrogens with one attached hydrogen (secondary N) is 1. The lowest BCUT2D eigenvalue weighted by atomic mass is 9.86. The Bertz CT molecular complexity index is 1280. The maximum atomic E-state index is 12.6. The SMILES string of the molecule is CCn1ncc([C@@H]2CC(=O)Nc3c2c(C)nn3-c2nc3ccc(OC)cc3s2)c1C. The number of carbonyl (C=O) groups is 1. The predicted molar refractivity (Wildman–Crippen MR) is 116 cm³/mol. The molecule has 1 aliphatic rings. The van der Waals surface area contributed by atoms with Gasteiger partial charge in [0.25, 0.3) is 0 Å². The van der Waals surface area contributed by atoms with E-state index >= 15 is 0 Å². The Morgan fingerprint density at radius 1 is 1.33 bits per heavy atom. The first-order valence-corrected chi connectivity index (χ1v) is 10.7. The number of rotatable bonds is 4. The van der Waals surface area contributed by atoms with Crippen molar-refractivity contribution in [1.82, 2.24) is 24.5 Å². The topological polar surface area (TPSA) is 86.9 Å². The first-order valence-electron chi connectivity index (χ1n) is 9.86. The van der Waals surface area contributed by atoms with Crippen LogP contribution in [0.5, 0.6) is 5.75 Å². The molecule has 4 heterocycles. The fourth-order valence-corrected chi connectivity index (χ4v) is 5.14. The average Bonchev–Trinajstić information content (AvgIpc) is 3.41. The average molecular weight is 423 g/mol. The Labute approximate surface area is 177 Å². The molecule has 1 amide bonds. The second-order valence-corrected chi connectivity index (χ2v) is 8.40. The van der Waals surface area contributed by atoms with Gasteiger partial charge in [-0.05, 0) is 39.0 Å². The van der Waals surface area contributed by atoms with E-state index in [0.29, 0.717) is 17.4 Å². The molecular formula is C21H22N6O2S. The predicted octanol–water partition coefficient (Wildman–Crippen LogP) is 3.80. The molecule has 0 radical (unpaired) electrons. The zero-order valence-corrected chi connectivity index (χ0v) is 18.1. The number of hydrogen-bond donors (Lipinski definition) is 1. The third-order valence-corrected chi connectivity index (χ3v) is 6.68. The molecule has 0 spiro atoms. The molecule has 1 aliphatic heterocycles. The maximum Gasteiger partial charge on any atom is 0.226 e. The van der Waals surface area contributed by atoms with Crippen LogP contribution in [-0.2, 0) is 11.3 Å². The summed E-state index contributed by atoms with van der Waals surface area (Å²) >= 11 is 1.52. The number of ether oxygens (including phenoxy) is 1. The number of benzene rings is 1. The maximum absolute atomic E-state index is 12.6. The molecule has 30 heavy (non-hydrogen) atoms. The first kappa shape index (κ1) is 18.8. The van der Waals surface area contributed by atoms with E-state index in [1.54, 1.807) is 11.8 Å². The van der Waals surface area contributed by atoms with E-state index in [1.807, 2.05) is 36.0 Å². The van der Waals surface area contributed by atoms with Gasteiger partial charge in [-0.15, -0.1) is 0 Å². The number of carbonyl (C=O) groups excluding carboxylic acids is 1. The number of methoxy groups -OCH3 is 1. The third kappa shape index (κ3) is 2.80. The number of anilines is 1. The molecule has 3 aromatic heterocycles. The van der Waals surface area contributed by atoms with Gasteiger partial charge < -0.3 is 10.1 Å². The van der Waals surface area contributed by atoms with Crippen molar-refractivity contribution in [3.05, 3.63) is 46.9 Å². The fraction of sp³-hybridized carbons (Fsp3) is 0.333. The van der Waals surface area contributed by atoms with E-state index in [2.05, 4.69) is 24.3 Å². The van der Waals surface area contributed by atoms with Crippen molar-refractivity contribution >= 4 is 33.3 Å². The third-order valence-electron chi connectivity index (χ3n) is 5.68. The van der Waals surface area contributed by atoms with Gasteiger partial charge in [-0.2, -0.15) is 14.9 Å². The van der Waals surface area contributed by atoms with Crippen LogP contribution in [0.3, 0.4) is 0 Å². The largest absolute Gasteiger partial charge is 0.497 e. The summed E-state index contributed by atoms with van der Waals surface area (Å²) in [6.07, 6.45) is 2.26. The van der Waals surface area contributed by atoms with Crippen molar-refractivity contribution in [2.24, 2.45) is 0 Å². The highest BCUT2D eigenvalue weighted by Crippen LogP contribution is 2.42. The van der Waals surface area contributed by atoms with Crippen molar-refractivity contribution in [2.45, 2.75) is 39.7 Å². The quantitative estimate of drug-likeness (QED) is 0.541. The van der Waals surface area contributed by atoms with Gasteiger partial charge in [0, 0.05) is 35.7 Å². The highest BCUT2D eigenvalue weighted by molar-refractivity contribution is 7.20. The van der Waals surface area contributed by atoms with Crippen molar-refractivity contribution in [3.63, 3.8) is 0 Å². The minimum absolute atomic E-state index is 0.0277. The van der Waals surface area contributed by atoms with Gasteiger partial charge in [-0.3, -0.25) is 9.48 Å². The van der Waals surface area contributed by atoms with Crippen molar-refractivity contribution in [2.75, 3.05) is 12.4 Å². The normalized spacial score (nSPS) is 16.0. The highest BCUT2D eigenvalue weighted by Gasteiger charge is 2.34. The molecule has 154 valence electrons. The molecule has 1 atom stereocenters. The molecule has 9 heteroatoms. The number of thiazole rings is 1. The molecule has 0 bridgehead atoms. The number of hydrogen-bond acceptors (Lipinski definition) is 6. The smallest absolute Gasteiger partial charge is 0.226 e.